The number of nitrogens with zero attached hydrogens (tertiary/aromatic N) is 6. The lowest BCUT2D eigenvalue weighted by Gasteiger charge is -2.31. The molecule has 12 rings (SSSR count). The molecule has 2 saturated heterocycles. The van der Waals surface area contributed by atoms with Gasteiger partial charge in [0.15, 0.2) is 0 Å². The van der Waals surface area contributed by atoms with Crippen LogP contribution in [-0.4, -0.2) is 107 Å². The SMILES string of the molecule is Cc1ccc2c(c1)N(CCN1CCCCC1)CCn1c-2c(C2CCCCC2)c2ccc(S(=O)(=O)NC(C)(C)C)cc21.Cc1ccc2c(c1)N(CCN1CCCCC1)CCn1c-2c(C2CCCCC2)c2ccc(S(N)(=O)=O)cc21. The second-order valence-corrected chi connectivity index (χ2v) is 28.3. The van der Waals surface area contributed by atoms with E-state index in [2.05, 4.69) is 89.8 Å². The molecule has 420 valence electrons. The van der Waals surface area contributed by atoms with Gasteiger partial charge in [-0.1, -0.05) is 87.8 Å². The number of primary sulfonamides is 1. The number of likely N-dealkylation sites (tertiary alicyclic amines) is 2. The van der Waals surface area contributed by atoms with E-state index in [9.17, 15) is 16.8 Å². The number of nitrogens with one attached hydrogen (secondary N) is 1. The maximum atomic E-state index is 13.4. The summed E-state index contributed by atoms with van der Waals surface area (Å²) in [6.07, 6.45) is 20.4. The third-order valence-electron chi connectivity index (χ3n) is 18.2. The van der Waals surface area contributed by atoms with Crippen molar-refractivity contribution in [1.29, 1.82) is 0 Å². The van der Waals surface area contributed by atoms with Crippen LogP contribution in [0.4, 0.5) is 11.4 Å². The van der Waals surface area contributed by atoms with E-state index in [0.29, 0.717) is 16.7 Å². The van der Waals surface area contributed by atoms with Crippen molar-refractivity contribution in [2.75, 3.05) is 75.2 Å². The summed E-state index contributed by atoms with van der Waals surface area (Å²) in [5.41, 5.74) is 14.8. The minimum absolute atomic E-state index is 0.200. The van der Waals surface area contributed by atoms with E-state index >= 15 is 0 Å². The molecule has 0 amide bonds. The predicted molar refractivity (Wildman–Crippen MR) is 322 cm³/mol. The molecule has 0 atom stereocenters. The van der Waals surface area contributed by atoms with Crippen LogP contribution < -0.4 is 19.7 Å². The Hall–Kier alpha value is -4.70. The van der Waals surface area contributed by atoms with Crippen LogP contribution >= 0.6 is 0 Å². The van der Waals surface area contributed by atoms with Crippen molar-refractivity contribution in [1.82, 2.24) is 23.7 Å². The second kappa shape index (κ2) is 23.0. The molecular formula is C64H88N8O4S2. The smallest absolute Gasteiger partial charge is 0.241 e. The van der Waals surface area contributed by atoms with Crippen LogP contribution in [0.1, 0.15) is 158 Å². The van der Waals surface area contributed by atoms with Gasteiger partial charge in [0.2, 0.25) is 20.0 Å². The van der Waals surface area contributed by atoms with Crippen LogP contribution in [0.3, 0.4) is 0 Å². The first-order valence-corrected chi connectivity index (χ1v) is 33.1. The summed E-state index contributed by atoms with van der Waals surface area (Å²) < 4.78 is 59.2. The molecule has 0 radical (unpaired) electrons. The maximum Gasteiger partial charge on any atom is 0.241 e. The quantitative estimate of drug-likeness (QED) is 0.131. The van der Waals surface area contributed by atoms with Crippen molar-refractivity contribution in [3.8, 4) is 22.5 Å². The fourth-order valence-electron chi connectivity index (χ4n) is 14.4. The third kappa shape index (κ3) is 11.7. The van der Waals surface area contributed by atoms with Gasteiger partial charge in [0.05, 0.1) is 32.2 Å². The Kier molecular flexibility index (Phi) is 16.3. The van der Waals surface area contributed by atoms with Crippen LogP contribution in [0.2, 0.25) is 0 Å². The molecule has 6 heterocycles. The summed E-state index contributed by atoms with van der Waals surface area (Å²) in [7, 11) is -7.41. The second-order valence-electron chi connectivity index (χ2n) is 25.1. The molecule has 2 aromatic heterocycles. The molecule has 0 unspecified atom stereocenters. The van der Waals surface area contributed by atoms with E-state index in [4.69, 9.17) is 5.14 Å². The first kappa shape index (κ1) is 55.2. The Morgan fingerprint density at radius 2 is 0.897 bits per heavy atom. The fraction of sp³-hybridized carbons (Fsp3) is 0.562. The molecule has 2 saturated carbocycles. The van der Waals surface area contributed by atoms with E-state index in [0.717, 1.165) is 63.4 Å². The van der Waals surface area contributed by atoms with Crippen LogP contribution in [0.5, 0.6) is 0 Å². The zero-order valence-electron chi connectivity index (χ0n) is 47.6. The number of anilines is 2. The monoisotopic (exact) mass is 1100 g/mol. The van der Waals surface area contributed by atoms with Gasteiger partial charge < -0.3 is 28.7 Å². The van der Waals surface area contributed by atoms with Gasteiger partial charge in [-0.15, -0.1) is 0 Å². The van der Waals surface area contributed by atoms with E-state index < -0.39 is 25.6 Å². The molecule has 3 N–H and O–H groups in total. The number of aromatic nitrogens is 2. The summed E-state index contributed by atoms with van der Waals surface area (Å²) in [4.78, 5) is 11.0. The Morgan fingerprint density at radius 3 is 1.32 bits per heavy atom. The highest BCUT2D eigenvalue weighted by molar-refractivity contribution is 7.89. The molecule has 0 spiro atoms. The molecule has 6 aliphatic rings. The van der Waals surface area contributed by atoms with E-state index in [1.54, 1.807) is 6.07 Å². The Labute approximate surface area is 466 Å². The summed E-state index contributed by atoms with van der Waals surface area (Å²) in [5.74, 6) is 1.01. The van der Waals surface area contributed by atoms with Gasteiger partial charge >= 0.3 is 0 Å². The lowest BCUT2D eigenvalue weighted by Crippen LogP contribution is -2.40. The molecule has 4 aromatic carbocycles. The fourth-order valence-corrected chi connectivity index (χ4v) is 16.4. The van der Waals surface area contributed by atoms with Crippen LogP contribution in [0.15, 0.2) is 82.6 Å². The number of fused-ring (bicyclic) bond motifs is 10. The minimum atomic E-state index is -3.77. The van der Waals surface area contributed by atoms with Gasteiger partial charge in [-0.2, -0.15) is 0 Å². The highest BCUT2D eigenvalue weighted by Gasteiger charge is 2.34. The molecule has 4 fully saturated rings. The first-order valence-electron chi connectivity index (χ1n) is 30.1. The third-order valence-corrected chi connectivity index (χ3v) is 20.9. The maximum absolute atomic E-state index is 13.4. The number of hydrogen-bond donors (Lipinski definition) is 2. The van der Waals surface area contributed by atoms with Crippen LogP contribution in [0.25, 0.3) is 44.3 Å². The van der Waals surface area contributed by atoms with Gasteiger partial charge in [0.25, 0.3) is 0 Å². The summed E-state index contributed by atoms with van der Waals surface area (Å²) in [5, 5.41) is 8.01. The van der Waals surface area contributed by atoms with Crippen LogP contribution in [0, 0.1) is 13.8 Å². The number of sulfonamides is 2. The normalized spacial score (nSPS) is 19.4. The lowest BCUT2D eigenvalue weighted by molar-refractivity contribution is 0.233. The molecule has 78 heavy (non-hydrogen) atoms. The van der Waals surface area contributed by atoms with Crippen molar-refractivity contribution in [2.45, 2.75) is 178 Å². The number of rotatable bonds is 11. The van der Waals surface area contributed by atoms with E-state index in [1.165, 1.54) is 196 Å². The molecular weight excluding hydrogens is 1010 g/mol. The molecule has 12 nitrogen and oxygen atoms in total. The number of benzene rings is 4. The molecule has 4 aliphatic heterocycles. The molecule has 6 aromatic rings. The van der Waals surface area contributed by atoms with Crippen molar-refractivity contribution in [3.05, 3.63) is 95.1 Å². The Balaban J connectivity index is 0.000000166. The molecule has 2 aliphatic carbocycles. The first-order chi connectivity index (χ1) is 37.5. The van der Waals surface area contributed by atoms with Gasteiger partial charge in [-0.05, 0) is 183 Å². The van der Waals surface area contributed by atoms with Gasteiger partial charge in [0.1, 0.15) is 0 Å². The highest BCUT2D eigenvalue weighted by Crippen LogP contribution is 2.50. The van der Waals surface area contributed by atoms with E-state index in [1.807, 2.05) is 45.0 Å². The van der Waals surface area contributed by atoms with Gasteiger partial charge in [-0.25, -0.2) is 26.7 Å². The average molecular weight is 1100 g/mol. The van der Waals surface area contributed by atoms with Crippen molar-refractivity contribution < 1.29 is 16.8 Å². The Bertz CT molecular complexity index is 3350. The summed E-state index contributed by atoms with van der Waals surface area (Å²) >= 11 is 0. The highest BCUT2D eigenvalue weighted by atomic mass is 32.2. The minimum Gasteiger partial charge on any atom is -0.368 e. The summed E-state index contributed by atoms with van der Waals surface area (Å²) in [6.45, 7) is 22.6. The van der Waals surface area contributed by atoms with Crippen molar-refractivity contribution >= 4 is 53.2 Å². The zero-order valence-corrected chi connectivity index (χ0v) is 49.2. The van der Waals surface area contributed by atoms with Gasteiger partial charge in [0, 0.05) is 91.2 Å². The van der Waals surface area contributed by atoms with Crippen molar-refractivity contribution in [3.63, 3.8) is 0 Å². The molecule has 0 bridgehead atoms. The molecule has 14 heteroatoms. The number of hydrogen-bond acceptors (Lipinski definition) is 8. The largest absolute Gasteiger partial charge is 0.368 e. The standard InChI is InChI=1S/C34H48N4O2S.C30H40N4O2S/c1-25-13-15-29-30(23-25)37(20-19-36-17-9-6-10-18-36)21-22-38-31-24-27(41(39,40)35-34(2,3)4)14-16-28(31)32(33(29)38)26-11-7-5-8-12-26;1-22-10-12-26-27(20-22)33(17-16-32-14-6-3-7-15-32)18-19-34-28-21-24(37(31,35)36)11-13-25(28)29(30(26)34)23-8-4-2-5-9-23/h13-16,23-24,26,35H,5-12,17-22H2,1-4H3;10-13,20-21,23H,2-9,14-19H2,1H3,(H2,31,35,36). The summed E-state index contributed by atoms with van der Waals surface area (Å²) in [6, 6.07) is 25.3. The topological polar surface area (TPSA) is 129 Å². The zero-order chi connectivity index (χ0) is 54.3. The number of aryl methyl sites for hydroxylation is 2. The average Bonchev–Trinajstić information content (AvgIpc) is 4.04. The number of nitrogens with two attached hydrogens (primary N) is 1. The van der Waals surface area contributed by atoms with Gasteiger partial charge in [-0.3, -0.25) is 0 Å². The predicted octanol–water partition coefficient (Wildman–Crippen LogP) is 12.7. The Morgan fingerprint density at radius 1 is 0.487 bits per heavy atom. The lowest BCUT2D eigenvalue weighted by atomic mass is 9.81. The van der Waals surface area contributed by atoms with Crippen molar-refractivity contribution in [2.24, 2.45) is 5.14 Å². The van der Waals surface area contributed by atoms with Crippen LogP contribution in [-0.2, 0) is 33.1 Å². The number of piperidine rings is 2. The van der Waals surface area contributed by atoms with E-state index in [-0.39, 0.29) is 4.90 Å².